The Hall–Kier alpha value is -1.30. The zero-order valence-corrected chi connectivity index (χ0v) is 11.3. The summed E-state index contributed by atoms with van der Waals surface area (Å²) in [6, 6.07) is 6.23. The number of nitrogens with two attached hydrogens (primary N) is 1. The van der Waals surface area contributed by atoms with E-state index in [4.69, 9.17) is 10.8 Å². The van der Waals surface area contributed by atoms with E-state index in [0.29, 0.717) is 13.1 Å². The van der Waals surface area contributed by atoms with Gasteiger partial charge in [-0.05, 0) is 37.1 Å². The fraction of sp³-hybridized carbons (Fsp3) is 0.571. The van der Waals surface area contributed by atoms with Crippen LogP contribution in [0.25, 0.3) is 0 Å². The summed E-state index contributed by atoms with van der Waals surface area (Å²) in [4.78, 5) is 2.21. The van der Waals surface area contributed by atoms with Crippen molar-refractivity contribution in [1.82, 2.24) is 5.32 Å². The number of nitrogen functional groups attached to an aromatic ring is 1. The summed E-state index contributed by atoms with van der Waals surface area (Å²) >= 11 is 0. The Morgan fingerprint density at radius 2 is 2.26 bits per heavy atom. The Balaban J connectivity index is 2.09. The van der Waals surface area contributed by atoms with Crippen LogP contribution in [-0.2, 0) is 0 Å². The molecule has 1 fully saturated rings. The van der Waals surface area contributed by atoms with Gasteiger partial charge in [0.25, 0.3) is 0 Å². The molecule has 0 aliphatic carbocycles. The largest absolute Gasteiger partial charge is 0.399 e. The molecule has 1 saturated heterocycles. The predicted molar refractivity (Wildman–Crippen MR) is 77.3 cm³/mol. The third kappa shape index (κ3) is 3.37. The lowest BCUT2D eigenvalue weighted by Gasteiger charge is -2.27. The molecule has 2 rings (SSSR count). The van der Waals surface area contributed by atoms with Crippen LogP contribution >= 0.6 is 0 Å². The van der Waals surface area contributed by atoms with Crippen LogP contribution < -0.4 is 16.0 Å². The topological polar surface area (TPSA) is 81.8 Å². The molecule has 2 unspecified atom stereocenters. The van der Waals surface area contributed by atoms with Crippen molar-refractivity contribution in [1.29, 1.82) is 0 Å². The van der Waals surface area contributed by atoms with Crippen molar-refractivity contribution in [3.8, 4) is 0 Å². The molecule has 0 aromatic heterocycles. The Kier molecular flexibility index (Phi) is 4.63. The van der Waals surface area contributed by atoms with E-state index in [1.807, 2.05) is 19.1 Å². The van der Waals surface area contributed by atoms with E-state index in [0.717, 1.165) is 29.9 Å². The lowest BCUT2D eigenvalue weighted by Crippen LogP contribution is -2.38. The van der Waals surface area contributed by atoms with E-state index in [1.54, 1.807) is 0 Å². The van der Waals surface area contributed by atoms with Crippen molar-refractivity contribution in [2.75, 3.05) is 36.9 Å². The minimum Gasteiger partial charge on any atom is -0.399 e. The lowest BCUT2D eigenvalue weighted by molar-refractivity contribution is 0.194. The lowest BCUT2D eigenvalue weighted by atomic mass is 10.1. The summed E-state index contributed by atoms with van der Waals surface area (Å²) in [6.07, 6.45) is 0.459. The molecule has 1 aliphatic rings. The average molecular weight is 265 g/mol. The van der Waals surface area contributed by atoms with E-state index >= 15 is 0 Å². The Morgan fingerprint density at radius 3 is 2.95 bits per heavy atom. The van der Waals surface area contributed by atoms with E-state index in [1.165, 1.54) is 0 Å². The molecule has 5 N–H and O–H groups in total. The number of benzene rings is 1. The molecule has 2 atom stereocenters. The molecule has 0 radical (unpaired) electrons. The highest BCUT2D eigenvalue weighted by atomic mass is 16.3. The maximum absolute atomic E-state index is 9.87. The van der Waals surface area contributed by atoms with E-state index in [-0.39, 0.29) is 18.8 Å². The molecule has 5 nitrogen and oxygen atoms in total. The van der Waals surface area contributed by atoms with Gasteiger partial charge in [0.05, 0.1) is 12.7 Å². The first-order chi connectivity index (χ1) is 9.11. The first-order valence-corrected chi connectivity index (χ1v) is 6.74. The van der Waals surface area contributed by atoms with Crippen LogP contribution in [0.3, 0.4) is 0 Å². The maximum Gasteiger partial charge on any atom is 0.0735 e. The predicted octanol–water partition coefficient (Wildman–Crippen LogP) is 0.0987. The number of β-amino-alcohol motifs (C(OH)–C–C–N with tert-alkyl or cyclic N) is 1. The normalized spacial score (nSPS) is 23.0. The molecule has 19 heavy (non-hydrogen) atoms. The second-order valence-corrected chi connectivity index (χ2v) is 5.16. The van der Waals surface area contributed by atoms with Gasteiger partial charge in [-0.15, -0.1) is 0 Å². The van der Waals surface area contributed by atoms with Gasteiger partial charge in [0, 0.05) is 37.1 Å². The van der Waals surface area contributed by atoms with E-state index < -0.39 is 0 Å². The Morgan fingerprint density at radius 1 is 1.47 bits per heavy atom. The zero-order valence-electron chi connectivity index (χ0n) is 11.3. The van der Waals surface area contributed by atoms with Crippen LogP contribution in [0.2, 0.25) is 0 Å². The van der Waals surface area contributed by atoms with Gasteiger partial charge < -0.3 is 26.2 Å². The molecule has 106 valence electrons. The van der Waals surface area contributed by atoms with Crippen molar-refractivity contribution in [2.45, 2.75) is 25.5 Å². The average Bonchev–Trinajstić information content (AvgIpc) is 2.74. The smallest absolute Gasteiger partial charge is 0.0735 e. The molecule has 0 amide bonds. The van der Waals surface area contributed by atoms with Gasteiger partial charge >= 0.3 is 0 Å². The summed E-state index contributed by atoms with van der Waals surface area (Å²) in [5.41, 5.74) is 8.78. The van der Waals surface area contributed by atoms with Crippen LogP contribution in [0.4, 0.5) is 11.4 Å². The molecule has 1 aliphatic heterocycles. The van der Waals surface area contributed by atoms with E-state index in [9.17, 15) is 5.11 Å². The van der Waals surface area contributed by atoms with Gasteiger partial charge in [-0.25, -0.2) is 0 Å². The SMILES string of the molecule is Cc1cc(N2CC(O)CC2CNCCO)ccc1N. The quantitative estimate of drug-likeness (QED) is 0.448. The van der Waals surface area contributed by atoms with Gasteiger partial charge in [-0.3, -0.25) is 0 Å². The maximum atomic E-state index is 9.87. The number of aliphatic hydroxyl groups is 2. The minimum atomic E-state index is -0.293. The second kappa shape index (κ2) is 6.23. The molecule has 1 aromatic rings. The Bertz CT molecular complexity index is 425. The summed E-state index contributed by atoms with van der Waals surface area (Å²) in [5.74, 6) is 0. The molecule has 1 heterocycles. The van der Waals surface area contributed by atoms with Gasteiger partial charge in [0.15, 0.2) is 0 Å². The third-order valence-corrected chi connectivity index (χ3v) is 3.65. The number of aliphatic hydroxyl groups excluding tert-OH is 2. The van der Waals surface area contributed by atoms with Crippen molar-refractivity contribution in [2.24, 2.45) is 0 Å². The molecular weight excluding hydrogens is 242 g/mol. The molecule has 1 aromatic carbocycles. The van der Waals surface area contributed by atoms with Crippen molar-refractivity contribution < 1.29 is 10.2 Å². The number of hydrogen-bond acceptors (Lipinski definition) is 5. The van der Waals surface area contributed by atoms with Gasteiger partial charge in [-0.2, -0.15) is 0 Å². The first-order valence-electron chi connectivity index (χ1n) is 6.74. The van der Waals surface area contributed by atoms with Crippen LogP contribution in [0.15, 0.2) is 18.2 Å². The van der Waals surface area contributed by atoms with Gasteiger partial charge in [-0.1, -0.05) is 0 Å². The number of rotatable bonds is 5. The van der Waals surface area contributed by atoms with Crippen LogP contribution in [0.5, 0.6) is 0 Å². The summed E-state index contributed by atoms with van der Waals surface area (Å²) in [5, 5.41) is 21.9. The minimum absolute atomic E-state index is 0.135. The standard InChI is InChI=1S/C14H23N3O2/c1-10-6-11(2-3-14(10)15)17-9-13(19)7-12(17)8-16-4-5-18/h2-3,6,12-13,16,18-19H,4-5,7-9,15H2,1H3. The summed E-state index contributed by atoms with van der Waals surface area (Å²) in [6.45, 7) is 4.12. The van der Waals surface area contributed by atoms with Gasteiger partial charge in [0.1, 0.15) is 0 Å². The highest BCUT2D eigenvalue weighted by molar-refractivity contribution is 5.59. The van der Waals surface area contributed by atoms with Crippen LogP contribution in [-0.4, -0.2) is 48.6 Å². The summed E-state index contributed by atoms with van der Waals surface area (Å²) < 4.78 is 0. The van der Waals surface area contributed by atoms with E-state index in [2.05, 4.69) is 16.3 Å². The van der Waals surface area contributed by atoms with Crippen molar-refractivity contribution in [3.05, 3.63) is 23.8 Å². The molecule has 0 bridgehead atoms. The summed E-state index contributed by atoms with van der Waals surface area (Å²) in [7, 11) is 0. The fourth-order valence-electron chi connectivity index (χ4n) is 2.59. The molecule has 5 heteroatoms. The Labute approximate surface area is 114 Å². The number of nitrogens with zero attached hydrogens (tertiary/aromatic N) is 1. The molecule has 0 spiro atoms. The van der Waals surface area contributed by atoms with Crippen molar-refractivity contribution in [3.63, 3.8) is 0 Å². The highest BCUT2D eigenvalue weighted by Gasteiger charge is 2.30. The van der Waals surface area contributed by atoms with Gasteiger partial charge in [0.2, 0.25) is 0 Å². The van der Waals surface area contributed by atoms with Crippen molar-refractivity contribution >= 4 is 11.4 Å². The molecule has 0 saturated carbocycles. The first kappa shape index (κ1) is 14.1. The zero-order chi connectivity index (χ0) is 13.8. The van der Waals surface area contributed by atoms with Crippen LogP contribution in [0.1, 0.15) is 12.0 Å². The second-order valence-electron chi connectivity index (χ2n) is 5.16. The third-order valence-electron chi connectivity index (χ3n) is 3.65. The number of anilines is 2. The number of hydrogen-bond donors (Lipinski definition) is 4. The van der Waals surface area contributed by atoms with Crippen LogP contribution in [0, 0.1) is 6.92 Å². The fourth-order valence-corrected chi connectivity index (χ4v) is 2.59. The monoisotopic (exact) mass is 265 g/mol. The number of nitrogens with one attached hydrogen (secondary N) is 1. The number of aryl methyl sites for hydroxylation is 1. The highest BCUT2D eigenvalue weighted by Crippen LogP contribution is 2.28. The molecular formula is C14H23N3O2.